The van der Waals surface area contributed by atoms with Gasteiger partial charge in [-0.25, -0.2) is 0 Å². The molecule has 1 heterocycles. The van der Waals surface area contributed by atoms with E-state index in [0.717, 1.165) is 22.4 Å². The molecule has 4 heteroatoms. The van der Waals surface area contributed by atoms with Gasteiger partial charge in [0.25, 0.3) is 0 Å². The van der Waals surface area contributed by atoms with E-state index in [2.05, 4.69) is 17.4 Å². The first-order valence-corrected chi connectivity index (χ1v) is 9.05. The van der Waals surface area contributed by atoms with Crippen LogP contribution >= 0.6 is 0 Å². The van der Waals surface area contributed by atoms with Gasteiger partial charge in [-0.15, -0.1) is 0 Å². The second kappa shape index (κ2) is 7.32. The zero-order valence-electron chi connectivity index (χ0n) is 15.9. The summed E-state index contributed by atoms with van der Waals surface area (Å²) in [5.74, 6) is -0.323. The number of likely N-dealkylation sites (tertiary alicyclic amines) is 1. The predicted molar refractivity (Wildman–Crippen MR) is 104 cm³/mol. The van der Waals surface area contributed by atoms with Crippen molar-refractivity contribution in [2.24, 2.45) is 5.92 Å². The van der Waals surface area contributed by atoms with E-state index in [-0.39, 0.29) is 24.2 Å². The van der Waals surface area contributed by atoms with Gasteiger partial charge in [-0.3, -0.25) is 9.59 Å². The fraction of sp³-hybridized carbons (Fsp3) is 0.364. The van der Waals surface area contributed by atoms with Gasteiger partial charge in [-0.1, -0.05) is 47.5 Å². The first-order valence-electron chi connectivity index (χ1n) is 9.05. The second-order valence-corrected chi connectivity index (χ2v) is 7.42. The molecule has 1 aliphatic heterocycles. The first kappa shape index (κ1) is 18.2. The Balaban J connectivity index is 1.66. The van der Waals surface area contributed by atoms with E-state index < -0.39 is 0 Å². The highest BCUT2D eigenvalue weighted by atomic mass is 16.2. The van der Waals surface area contributed by atoms with Crippen molar-refractivity contribution in [3.8, 4) is 0 Å². The maximum Gasteiger partial charge on any atom is 0.229 e. The Morgan fingerprint density at radius 2 is 1.65 bits per heavy atom. The van der Waals surface area contributed by atoms with Crippen LogP contribution in [-0.4, -0.2) is 23.3 Å². The Bertz CT molecular complexity index is 817. The molecule has 0 radical (unpaired) electrons. The second-order valence-electron chi connectivity index (χ2n) is 7.42. The number of amides is 2. The monoisotopic (exact) mass is 350 g/mol. The summed E-state index contributed by atoms with van der Waals surface area (Å²) in [5, 5.41) is 3.04. The van der Waals surface area contributed by atoms with Crippen molar-refractivity contribution in [2.45, 2.75) is 40.7 Å². The third-order valence-corrected chi connectivity index (χ3v) is 5.00. The minimum Gasteiger partial charge on any atom is -0.338 e. The minimum atomic E-state index is -0.298. The summed E-state index contributed by atoms with van der Waals surface area (Å²) in [5.41, 5.74) is 6.44. The van der Waals surface area contributed by atoms with Gasteiger partial charge in [0.15, 0.2) is 0 Å². The van der Waals surface area contributed by atoms with E-state index >= 15 is 0 Å². The molecule has 0 aliphatic carbocycles. The molecule has 0 bridgehead atoms. The van der Waals surface area contributed by atoms with Crippen LogP contribution in [0.15, 0.2) is 36.4 Å². The fourth-order valence-electron chi connectivity index (χ4n) is 3.62. The molecule has 136 valence electrons. The minimum absolute atomic E-state index is 0.0445. The van der Waals surface area contributed by atoms with Gasteiger partial charge in [0, 0.05) is 25.2 Å². The number of anilines is 1. The van der Waals surface area contributed by atoms with Crippen LogP contribution in [0.3, 0.4) is 0 Å². The van der Waals surface area contributed by atoms with Crippen molar-refractivity contribution in [3.63, 3.8) is 0 Å². The summed E-state index contributed by atoms with van der Waals surface area (Å²) >= 11 is 0. The molecular formula is C22H26N2O2. The largest absolute Gasteiger partial charge is 0.338 e. The fourth-order valence-corrected chi connectivity index (χ4v) is 3.62. The van der Waals surface area contributed by atoms with Crippen molar-refractivity contribution >= 4 is 17.5 Å². The molecule has 4 nitrogen and oxygen atoms in total. The van der Waals surface area contributed by atoms with Gasteiger partial charge < -0.3 is 10.2 Å². The molecule has 1 unspecified atom stereocenters. The van der Waals surface area contributed by atoms with Crippen LogP contribution in [0.5, 0.6) is 0 Å². The number of carbonyl (C=O) groups is 2. The molecule has 1 fully saturated rings. The zero-order chi connectivity index (χ0) is 18.8. The van der Waals surface area contributed by atoms with Crippen molar-refractivity contribution in [1.82, 2.24) is 4.90 Å². The number of hydrogen-bond acceptors (Lipinski definition) is 2. The number of nitrogens with one attached hydrogen (secondary N) is 1. The van der Waals surface area contributed by atoms with Crippen molar-refractivity contribution in [1.29, 1.82) is 0 Å². The highest BCUT2D eigenvalue weighted by Crippen LogP contribution is 2.26. The topological polar surface area (TPSA) is 49.4 Å². The Morgan fingerprint density at radius 1 is 1.04 bits per heavy atom. The standard InChI is InChI=1S/C22H26N2O2/c1-14-5-7-18(8-6-14)12-24-13-19(11-20(24)25)22(26)23-21-16(3)9-15(2)10-17(21)4/h5-10,19H,11-13H2,1-4H3,(H,23,26). The molecule has 1 atom stereocenters. The third kappa shape index (κ3) is 3.96. The lowest BCUT2D eigenvalue weighted by Crippen LogP contribution is -2.28. The normalized spacial score (nSPS) is 16.8. The van der Waals surface area contributed by atoms with Gasteiger partial charge in [0.1, 0.15) is 0 Å². The molecule has 0 spiro atoms. The van der Waals surface area contributed by atoms with Crippen LogP contribution < -0.4 is 5.32 Å². The molecule has 2 aromatic rings. The number of benzene rings is 2. The van der Waals surface area contributed by atoms with Gasteiger partial charge in [0.05, 0.1) is 5.92 Å². The van der Waals surface area contributed by atoms with E-state index in [0.29, 0.717) is 13.1 Å². The molecule has 1 N–H and O–H groups in total. The Morgan fingerprint density at radius 3 is 2.27 bits per heavy atom. The maximum absolute atomic E-state index is 12.7. The molecule has 2 amide bonds. The van der Waals surface area contributed by atoms with E-state index in [9.17, 15) is 9.59 Å². The van der Waals surface area contributed by atoms with Gasteiger partial charge in [0.2, 0.25) is 11.8 Å². The maximum atomic E-state index is 12.7. The summed E-state index contributed by atoms with van der Waals surface area (Å²) < 4.78 is 0. The zero-order valence-corrected chi connectivity index (χ0v) is 15.9. The molecule has 2 aromatic carbocycles. The van der Waals surface area contributed by atoms with Gasteiger partial charge in [-0.2, -0.15) is 0 Å². The van der Waals surface area contributed by atoms with Crippen LogP contribution in [0.1, 0.15) is 34.2 Å². The first-order chi connectivity index (χ1) is 12.3. The lowest BCUT2D eigenvalue weighted by Gasteiger charge is -2.18. The predicted octanol–water partition coefficient (Wildman–Crippen LogP) is 3.91. The number of rotatable bonds is 4. The van der Waals surface area contributed by atoms with Crippen molar-refractivity contribution in [3.05, 3.63) is 64.2 Å². The quantitative estimate of drug-likeness (QED) is 0.909. The van der Waals surface area contributed by atoms with Crippen molar-refractivity contribution in [2.75, 3.05) is 11.9 Å². The summed E-state index contributed by atoms with van der Waals surface area (Å²) in [6.45, 7) is 9.12. The van der Waals surface area contributed by atoms with E-state index in [1.54, 1.807) is 4.90 Å². The number of nitrogens with zero attached hydrogens (tertiary/aromatic N) is 1. The molecule has 1 saturated heterocycles. The highest BCUT2D eigenvalue weighted by molar-refractivity contribution is 5.98. The third-order valence-electron chi connectivity index (χ3n) is 5.00. The highest BCUT2D eigenvalue weighted by Gasteiger charge is 2.34. The summed E-state index contributed by atoms with van der Waals surface area (Å²) in [6.07, 6.45) is 0.279. The number of hydrogen-bond donors (Lipinski definition) is 1. The Kier molecular flexibility index (Phi) is 5.12. The van der Waals surface area contributed by atoms with Gasteiger partial charge in [-0.05, 0) is 44.4 Å². The van der Waals surface area contributed by atoms with Crippen LogP contribution in [0.25, 0.3) is 0 Å². The van der Waals surface area contributed by atoms with E-state index in [1.807, 2.05) is 52.0 Å². The summed E-state index contributed by atoms with van der Waals surface area (Å²) in [6, 6.07) is 12.3. The lowest BCUT2D eigenvalue weighted by atomic mass is 10.0. The smallest absolute Gasteiger partial charge is 0.229 e. The average molecular weight is 350 g/mol. The van der Waals surface area contributed by atoms with E-state index in [4.69, 9.17) is 0 Å². The summed E-state index contributed by atoms with van der Waals surface area (Å²) in [4.78, 5) is 26.8. The van der Waals surface area contributed by atoms with Crippen LogP contribution in [0, 0.1) is 33.6 Å². The van der Waals surface area contributed by atoms with Crippen LogP contribution in [0.2, 0.25) is 0 Å². The van der Waals surface area contributed by atoms with Crippen molar-refractivity contribution < 1.29 is 9.59 Å². The molecule has 0 saturated carbocycles. The summed E-state index contributed by atoms with van der Waals surface area (Å²) in [7, 11) is 0. The average Bonchev–Trinajstić information content (AvgIpc) is 2.94. The lowest BCUT2D eigenvalue weighted by molar-refractivity contribution is -0.128. The molecule has 26 heavy (non-hydrogen) atoms. The molecular weight excluding hydrogens is 324 g/mol. The Hall–Kier alpha value is -2.62. The van der Waals surface area contributed by atoms with Crippen LogP contribution in [-0.2, 0) is 16.1 Å². The van der Waals surface area contributed by atoms with E-state index in [1.165, 1.54) is 11.1 Å². The Labute approximate surface area is 155 Å². The molecule has 0 aromatic heterocycles. The molecule has 1 aliphatic rings. The number of carbonyl (C=O) groups excluding carboxylic acids is 2. The SMILES string of the molecule is Cc1ccc(CN2CC(C(=O)Nc3c(C)cc(C)cc3C)CC2=O)cc1. The van der Waals surface area contributed by atoms with Gasteiger partial charge >= 0.3 is 0 Å². The number of aryl methyl sites for hydroxylation is 4. The molecule has 3 rings (SSSR count). The van der Waals surface area contributed by atoms with Crippen LogP contribution in [0.4, 0.5) is 5.69 Å².